The van der Waals surface area contributed by atoms with E-state index in [0.717, 1.165) is 22.6 Å². The van der Waals surface area contributed by atoms with Gasteiger partial charge in [-0.05, 0) is 37.1 Å². The van der Waals surface area contributed by atoms with Crippen molar-refractivity contribution in [3.05, 3.63) is 23.3 Å². The predicted molar refractivity (Wildman–Crippen MR) is 72.5 cm³/mol. The van der Waals surface area contributed by atoms with E-state index in [9.17, 15) is 4.79 Å². The average Bonchev–Trinajstić information content (AvgIpc) is 2.32. The fourth-order valence-corrected chi connectivity index (χ4v) is 2.00. The van der Waals surface area contributed by atoms with Gasteiger partial charge < -0.3 is 14.7 Å². The molecule has 0 aliphatic rings. The highest BCUT2D eigenvalue weighted by Gasteiger charge is 2.16. The van der Waals surface area contributed by atoms with Crippen molar-refractivity contribution in [2.75, 3.05) is 25.6 Å². The molecule has 0 saturated carbocycles. The lowest BCUT2D eigenvalue weighted by atomic mass is 10.0. The molecule has 1 aromatic carbocycles. The van der Waals surface area contributed by atoms with E-state index in [1.807, 2.05) is 37.9 Å². The average molecular weight is 251 g/mol. The number of carboxylic acid groups (broad SMARTS) is 1. The lowest BCUT2D eigenvalue weighted by Crippen LogP contribution is -2.29. The van der Waals surface area contributed by atoms with E-state index in [-0.39, 0.29) is 0 Å². The van der Waals surface area contributed by atoms with Crippen LogP contribution in [0.25, 0.3) is 0 Å². The summed E-state index contributed by atoms with van der Waals surface area (Å²) in [6, 6.07) is 3.88. The van der Waals surface area contributed by atoms with Crippen LogP contribution in [-0.4, -0.2) is 31.8 Å². The molecule has 1 rings (SSSR count). The summed E-state index contributed by atoms with van der Waals surface area (Å²) in [5, 5.41) is 8.94. The molecule has 18 heavy (non-hydrogen) atoms. The monoisotopic (exact) mass is 251 g/mol. The van der Waals surface area contributed by atoms with Gasteiger partial charge in [-0.25, -0.2) is 0 Å². The van der Waals surface area contributed by atoms with Gasteiger partial charge >= 0.3 is 5.97 Å². The number of benzene rings is 1. The Morgan fingerprint density at radius 3 is 2.50 bits per heavy atom. The number of carbonyl (C=O) groups is 1. The minimum Gasteiger partial charge on any atom is -0.496 e. The third-order valence-corrected chi connectivity index (χ3v) is 3.31. The van der Waals surface area contributed by atoms with Gasteiger partial charge in [0.15, 0.2) is 0 Å². The van der Waals surface area contributed by atoms with Crippen LogP contribution in [0.2, 0.25) is 0 Å². The summed E-state index contributed by atoms with van der Waals surface area (Å²) in [6.45, 7) is 6.23. The number of hydrogen-bond donors (Lipinski definition) is 1. The van der Waals surface area contributed by atoms with Gasteiger partial charge in [-0.15, -0.1) is 0 Å². The maximum Gasteiger partial charge on any atom is 0.308 e. The first kappa shape index (κ1) is 14.4. The second-order valence-electron chi connectivity index (χ2n) is 4.66. The van der Waals surface area contributed by atoms with Crippen LogP contribution in [0.15, 0.2) is 12.1 Å². The van der Waals surface area contributed by atoms with Gasteiger partial charge in [0.2, 0.25) is 0 Å². The highest BCUT2D eigenvalue weighted by atomic mass is 16.5. The second-order valence-corrected chi connectivity index (χ2v) is 4.66. The molecule has 1 aromatic rings. The van der Waals surface area contributed by atoms with Gasteiger partial charge in [-0.2, -0.15) is 0 Å². The zero-order valence-electron chi connectivity index (χ0n) is 11.7. The number of nitrogens with zero attached hydrogens (tertiary/aromatic N) is 1. The Bertz CT molecular complexity index is 443. The molecule has 100 valence electrons. The summed E-state index contributed by atoms with van der Waals surface area (Å²) in [6.07, 6.45) is 0. The molecule has 0 radical (unpaired) electrons. The highest BCUT2D eigenvalue weighted by molar-refractivity contribution is 5.71. The fourth-order valence-electron chi connectivity index (χ4n) is 2.00. The molecular weight excluding hydrogens is 230 g/mol. The number of aliphatic carboxylic acids is 1. The number of ether oxygens (including phenoxy) is 1. The number of hydrogen-bond acceptors (Lipinski definition) is 3. The van der Waals surface area contributed by atoms with E-state index in [2.05, 4.69) is 0 Å². The molecule has 1 atom stereocenters. The van der Waals surface area contributed by atoms with E-state index < -0.39 is 11.9 Å². The number of anilines is 1. The van der Waals surface area contributed by atoms with E-state index in [0.29, 0.717) is 6.54 Å². The van der Waals surface area contributed by atoms with Gasteiger partial charge in [0.05, 0.1) is 13.0 Å². The van der Waals surface area contributed by atoms with Crippen molar-refractivity contribution in [3.63, 3.8) is 0 Å². The number of methoxy groups -OCH3 is 1. The zero-order chi connectivity index (χ0) is 13.9. The molecule has 0 fully saturated rings. The molecule has 4 nitrogen and oxygen atoms in total. The molecule has 0 aliphatic carbocycles. The lowest BCUT2D eigenvalue weighted by molar-refractivity contribution is -0.140. The van der Waals surface area contributed by atoms with Gasteiger partial charge in [-0.1, -0.05) is 6.92 Å². The SMILES string of the molecule is COc1ccc(N(C)CC(C)C(=O)O)c(C)c1C. The third-order valence-electron chi connectivity index (χ3n) is 3.31. The normalized spacial score (nSPS) is 12.1. The lowest BCUT2D eigenvalue weighted by Gasteiger charge is -2.25. The summed E-state index contributed by atoms with van der Waals surface area (Å²) < 4.78 is 5.27. The summed E-state index contributed by atoms with van der Waals surface area (Å²) in [5.74, 6) is -0.308. The Balaban J connectivity index is 2.96. The van der Waals surface area contributed by atoms with E-state index in [1.54, 1.807) is 14.0 Å². The Hall–Kier alpha value is -1.71. The first-order valence-electron chi connectivity index (χ1n) is 5.96. The highest BCUT2D eigenvalue weighted by Crippen LogP contribution is 2.29. The van der Waals surface area contributed by atoms with Crippen LogP contribution < -0.4 is 9.64 Å². The summed E-state index contributed by atoms with van der Waals surface area (Å²) >= 11 is 0. The first-order chi connectivity index (χ1) is 8.38. The number of carboxylic acids is 1. The van der Waals surface area contributed by atoms with Gasteiger partial charge in [0.25, 0.3) is 0 Å². The molecular formula is C14H21NO3. The third kappa shape index (κ3) is 2.94. The topological polar surface area (TPSA) is 49.8 Å². The molecule has 4 heteroatoms. The molecule has 0 aliphatic heterocycles. The molecule has 0 aromatic heterocycles. The van der Waals surface area contributed by atoms with Crippen molar-refractivity contribution >= 4 is 11.7 Å². The van der Waals surface area contributed by atoms with Crippen LogP contribution in [0.1, 0.15) is 18.1 Å². The van der Waals surface area contributed by atoms with Crippen molar-refractivity contribution in [2.45, 2.75) is 20.8 Å². The molecule has 0 amide bonds. The minimum absolute atomic E-state index is 0.392. The Morgan fingerprint density at radius 2 is 2.00 bits per heavy atom. The molecule has 0 heterocycles. The zero-order valence-corrected chi connectivity index (χ0v) is 11.7. The Labute approximate surface area is 108 Å². The van der Waals surface area contributed by atoms with Crippen molar-refractivity contribution in [1.82, 2.24) is 0 Å². The van der Waals surface area contributed by atoms with Crippen molar-refractivity contribution in [2.24, 2.45) is 5.92 Å². The van der Waals surface area contributed by atoms with Crippen LogP contribution in [0.5, 0.6) is 5.75 Å². The molecule has 0 saturated heterocycles. The van der Waals surface area contributed by atoms with Crippen LogP contribution in [0.3, 0.4) is 0 Å². The molecule has 1 N–H and O–H groups in total. The summed E-state index contributed by atoms with van der Waals surface area (Å²) in [7, 11) is 3.56. The van der Waals surface area contributed by atoms with Crippen molar-refractivity contribution < 1.29 is 14.6 Å². The van der Waals surface area contributed by atoms with Crippen LogP contribution in [0.4, 0.5) is 5.69 Å². The van der Waals surface area contributed by atoms with Crippen LogP contribution in [-0.2, 0) is 4.79 Å². The van der Waals surface area contributed by atoms with Crippen molar-refractivity contribution in [3.8, 4) is 5.75 Å². The van der Waals surface area contributed by atoms with Crippen LogP contribution >= 0.6 is 0 Å². The Kier molecular flexibility index (Phi) is 4.59. The maximum absolute atomic E-state index is 10.9. The maximum atomic E-state index is 10.9. The van der Waals surface area contributed by atoms with Crippen molar-refractivity contribution in [1.29, 1.82) is 0 Å². The second kappa shape index (κ2) is 5.76. The Morgan fingerprint density at radius 1 is 1.39 bits per heavy atom. The van der Waals surface area contributed by atoms with Gasteiger partial charge in [-0.3, -0.25) is 4.79 Å². The smallest absolute Gasteiger partial charge is 0.308 e. The first-order valence-corrected chi connectivity index (χ1v) is 5.96. The van der Waals surface area contributed by atoms with E-state index in [1.165, 1.54) is 0 Å². The van der Waals surface area contributed by atoms with E-state index in [4.69, 9.17) is 9.84 Å². The number of rotatable bonds is 5. The standard InChI is InChI=1S/C14H21NO3/c1-9(14(16)17)8-15(4)12-6-7-13(18-5)11(3)10(12)2/h6-7,9H,8H2,1-5H3,(H,16,17). The van der Waals surface area contributed by atoms with Gasteiger partial charge in [0.1, 0.15) is 5.75 Å². The largest absolute Gasteiger partial charge is 0.496 e. The minimum atomic E-state index is -0.773. The van der Waals surface area contributed by atoms with E-state index >= 15 is 0 Å². The fraction of sp³-hybridized carbons (Fsp3) is 0.500. The predicted octanol–water partition coefficient (Wildman–Crippen LogP) is 2.47. The molecule has 0 bridgehead atoms. The van der Waals surface area contributed by atoms with Crippen LogP contribution in [0, 0.1) is 19.8 Å². The summed E-state index contributed by atoms with van der Waals surface area (Å²) in [4.78, 5) is 12.8. The molecule has 0 spiro atoms. The summed E-state index contributed by atoms with van der Waals surface area (Å²) in [5.41, 5.74) is 3.25. The molecule has 1 unspecified atom stereocenters. The quantitative estimate of drug-likeness (QED) is 0.873. The van der Waals surface area contributed by atoms with Gasteiger partial charge in [0, 0.05) is 19.3 Å².